The lowest BCUT2D eigenvalue weighted by molar-refractivity contribution is -0.189. The topological polar surface area (TPSA) is 21.3 Å². The van der Waals surface area contributed by atoms with Gasteiger partial charge < -0.3 is 10.1 Å². The third-order valence-electron chi connectivity index (χ3n) is 3.87. The number of nitrogens with one attached hydrogen (secondary N) is 1. The highest BCUT2D eigenvalue weighted by Crippen LogP contribution is 2.37. The summed E-state index contributed by atoms with van der Waals surface area (Å²) in [5.41, 5.74) is -0.282. The van der Waals surface area contributed by atoms with Crippen LogP contribution in [0.3, 0.4) is 0 Å². The predicted molar refractivity (Wildman–Crippen MR) is 65.5 cm³/mol. The summed E-state index contributed by atoms with van der Waals surface area (Å²) in [5, 5.41) is 3.07. The summed E-state index contributed by atoms with van der Waals surface area (Å²) >= 11 is 0. The van der Waals surface area contributed by atoms with Crippen molar-refractivity contribution in [2.45, 2.75) is 63.8 Å². The SMILES string of the molecule is COC(C)(C)CCNC1CCCCC1C(F)(F)F. The molecule has 1 N–H and O–H groups in total. The van der Waals surface area contributed by atoms with Gasteiger partial charge in [0.15, 0.2) is 0 Å². The minimum atomic E-state index is -4.07. The average Bonchev–Trinajstić information content (AvgIpc) is 2.28. The van der Waals surface area contributed by atoms with Crippen LogP contribution in [0.2, 0.25) is 0 Å². The first-order valence-corrected chi connectivity index (χ1v) is 6.61. The van der Waals surface area contributed by atoms with Gasteiger partial charge >= 0.3 is 6.18 Å². The van der Waals surface area contributed by atoms with E-state index in [1.807, 2.05) is 13.8 Å². The van der Waals surface area contributed by atoms with E-state index in [-0.39, 0.29) is 12.0 Å². The van der Waals surface area contributed by atoms with Crippen LogP contribution in [0, 0.1) is 5.92 Å². The van der Waals surface area contributed by atoms with Crippen molar-refractivity contribution in [3.05, 3.63) is 0 Å². The van der Waals surface area contributed by atoms with Gasteiger partial charge in [-0.25, -0.2) is 0 Å². The highest BCUT2D eigenvalue weighted by atomic mass is 19.4. The summed E-state index contributed by atoms with van der Waals surface area (Å²) in [6.07, 6.45) is -0.907. The van der Waals surface area contributed by atoms with Gasteiger partial charge in [0.25, 0.3) is 0 Å². The van der Waals surface area contributed by atoms with Gasteiger partial charge in [0.2, 0.25) is 0 Å². The summed E-state index contributed by atoms with van der Waals surface area (Å²) in [4.78, 5) is 0. The van der Waals surface area contributed by atoms with E-state index in [4.69, 9.17) is 4.74 Å². The van der Waals surface area contributed by atoms with Crippen molar-refractivity contribution in [3.63, 3.8) is 0 Å². The summed E-state index contributed by atoms with van der Waals surface area (Å²) < 4.78 is 43.8. The highest BCUT2D eigenvalue weighted by molar-refractivity contribution is 4.86. The lowest BCUT2D eigenvalue weighted by atomic mass is 9.84. The molecule has 108 valence electrons. The van der Waals surface area contributed by atoms with Gasteiger partial charge in [-0.1, -0.05) is 12.8 Å². The molecule has 2 atom stereocenters. The van der Waals surface area contributed by atoms with Gasteiger partial charge in [0, 0.05) is 13.2 Å². The van der Waals surface area contributed by atoms with Crippen molar-refractivity contribution < 1.29 is 17.9 Å². The Balaban J connectivity index is 2.43. The Labute approximate surface area is 107 Å². The molecule has 1 aliphatic carbocycles. The molecule has 0 spiro atoms. The maximum Gasteiger partial charge on any atom is 0.393 e. The van der Waals surface area contributed by atoms with Crippen molar-refractivity contribution in [3.8, 4) is 0 Å². The van der Waals surface area contributed by atoms with Gasteiger partial charge in [0.05, 0.1) is 11.5 Å². The van der Waals surface area contributed by atoms with Crippen LogP contribution in [0.5, 0.6) is 0 Å². The summed E-state index contributed by atoms with van der Waals surface area (Å²) in [5.74, 6) is -1.18. The number of hydrogen-bond donors (Lipinski definition) is 1. The molecular weight excluding hydrogens is 243 g/mol. The molecule has 1 rings (SSSR count). The number of hydrogen-bond acceptors (Lipinski definition) is 2. The smallest absolute Gasteiger partial charge is 0.379 e. The summed E-state index contributed by atoms with van der Waals surface area (Å²) in [6, 6.07) is -0.425. The van der Waals surface area contributed by atoms with E-state index in [1.54, 1.807) is 7.11 Å². The molecule has 0 heterocycles. The molecule has 1 saturated carbocycles. The zero-order valence-corrected chi connectivity index (χ0v) is 11.4. The first-order valence-electron chi connectivity index (χ1n) is 6.61. The normalized spacial score (nSPS) is 26.3. The standard InChI is InChI=1S/C13H24F3NO/c1-12(2,18-3)8-9-17-11-7-5-4-6-10(11)13(14,15)16/h10-11,17H,4-9H2,1-3H3. The summed E-state index contributed by atoms with van der Waals surface area (Å²) in [6.45, 7) is 4.45. The first-order chi connectivity index (χ1) is 8.26. The van der Waals surface area contributed by atoms with Crippen LogP contribution in [0.15, 0.2) is 0 Å². The van der Waals surface area contributed by atoms with Crippen LogP contribution in [-0.2, 0) is 4.74 Å². The molecule has 0 radical (unpaired) electrons. The van der Waals surface area contributed by atoms with Crippen LogP contribution in [0.1, 0.15) is 46.0 Å². The third-order valence-corrected chi connectivity index (χ3v) is 3.87. The molecule has 0 amide bonds. The lowest BCUT2D eigenvalue weighted by Gasteiger charge is -2.34. The fraction of sp³-hybridized carbons (Fsp3) is 1.00. The molecule has 0 bridgehead atoms. The third kappa shape index (κ3) is 4.76. The Hall–Kier alpha value is -0.290. The van der Waals surface area contributed by atoms with Gasteiger partial charge in [-0.15, -0.1) is 0 Å². The van der Waals surface area contributed by atoms with Crippen LogP contribution in [0.4, 0.5) is 13.2 Å². The van der Waals surface area contributed by atoms with Crippen LogP contribution >= 0.6 is 0 Å². The molecule has 0 aromatic carbocycles. The van der Waals surface area contributed by atoms with Gasteiger partial charge in [-0.3, -0.25) is 0 Å². The van der Waals surface area contributed by atoms with E-state index < -0.39 is 18.1 Å². The molecule has 2 nitrogen and oxygen atoms in total. The molecule has 1 aliphatic rings. The molecule has 5 heteroatoms. The fourth-order valence-corrected chi connectivity index (χ4v) is 2.43. The van der Waals surface area contributed by atoms with E-state index in [0.29, 0.717) is 25.8 Å². The Kier molecular flexibility index (Phi) is 5.46. The fourth-order valence-electron chi connectivity index (χ4n) is 2.43. The zero-order chi connectivity index (χ0) is 13.8. The van der Waals surface area contributed by atoms with Crippen molar-refractivity contribution in [1.29, 1.82) is 0 Å². The van der Waals surface area contributed by atoms with Gasteiger partial charge in [-0.05, 0) is 39.7 Å². The number of halogens is 3. The highest BCUT2D eigenvalue weighted by Gasteiger charge is 2.45. The lowest BCUT2D eigenvalue weighted by Crippen LogP contribution is -2.46. The average molecular weight is 267 g/mol. The monoisotopic (exact) mass is 267 g/mol. The van der Waals surface area contributed by atoms with E-state index in [2.05, 4.69) is 5.32 Å². The van der Waals surface area contributed by atoms with E-state index in [9.17, 15) is 13.2 Å². The minimum absolute atomic E-state index is 0.259. The van der Waals surface area contributed by atoms with Crippen molar-refractivity contribution in [2.75, 3.05) is 13.7 Å². The molecule has 18 heavy (non-hydrogen) atoms. The van der Waals surface area contributed by atoms with Crippen LogP contribution in [-0.4, -0.2) is 31.5 Å². The van der Waals surface area contributed by atoms with Gasteiger partial charge in [0.1, 0.15) is 0 Å². The second-order valence-electron chi connectivity index (χ2n) is 5.71. The molecule has 0 aromatic heterocycles. The second kappa shape index (κ2) is 6.24. The Bertz CT molecular complexity index is 253. The van der Waals surface area contributed by atoms with Crippen molar-refractivity contribution >= 4 is 0 Å². The Morgan fingerprint density at radius 2 is 1.78 bits per heavy atom. The van der Waals surface area contributed by atoms with Gasteiger partial charge in [-0.2, -0.15) is 13.2 Å². The van der Waals surface area contributed by atoms with E-state index in [1.165, 1.54) is 0 Å². The first kappa shape index (κ1) is 15.8. The predicted octanol–water partition coefficient (Wildman–Crippen LogP) is 3.51. The largest absolute Gasteiger partial charge is 0.393 e. The Morgan fingerprint density at radius 1 is 1.17 bits per heavy atom. The summed E-state index contributed by atoms with van der Waals surface area (Å²) in [7, 11) is 1.62. The number of methoxy groups -OCH3 is 1. The maximum atomic E-state index is 12.9. The zero-order valence-electron chi connectivity index (χ0n) is 11.4. The molecule has 0 saturated heterocycles. The minimum Gasteiger partial charge on any atom is -0.379 e. The molecule has 2 unspecified atom stereocenters. The quantitative estimate of drug-likeness (QED) is 0.823. The number of alkyl halides is 3. The Morgan fingerprint density at radius 3 is 2.33 bits per heavy atom. The number of ether oxygens (including phenoxy) is 1. The van der Waals surface area contributed by atoms with Crippen LogP contribution < -0.4 is 5.32 Å². The second-order valence-corrected chi connectivity index (χ2v) is 5.71. The van der Waals surface area contributed by atoms with E-state index in [0.717, 1.165) is 6.42 Å². The molecular formula is C13H24F3NO. The van der Waals surface area contributed by atoms with Crippen molar-refractivity contribution in [2.24, 2.45) is 5.92 Å². The van der Waals surface area contributed by atoms with E-state index >= 15 is 0 Å². The van der Waals surface area contributed by atoms with Crippen LogP contribution in [0.25, 0.3) is 0 Å². The number of rotatable bonds is 5. The molecule has 0 aliphatic heterocycles. The molecule has 0 aromatic rings. The maximum absolute atomic E-state index is 12.9. The van der Waals surface area contributed by atoms with Crippen molar-refractivity contribution in [1.82, 2.24) is 5.32 Å². The molecule has 1 fully saturated rings.